The molecule has 45 heteroatoms. The highest BCUT2D eigenvalue weighted by atomic mass is 32.2. The zero-order valence-electron chi connectivity index (χ0n) is 71.3. The topological polar surface area (TPSA) is 653 Å². The summed E-state index contributed by atoms with van der Waals surface area (Å²) in [5.74, 6) is 1.61. The molecule has 698 valence electrons. The van der Waals surface area contributed by atoms with Crippen molar-refractivity contribution in [1.82, 2.24) is 77.3 Å². The van der Waals surface area contributed by atoms with Crippen LogP contribution >= 0.6 is 11.8 Å². The number of piperidine rings is 5. The summed E-state index contributed by atoms with van der Waals surface area (Å²) in [5.41, 5.74) is 17.0. The Morgan fingerprint density at radius 3 is 1.21 bits per heavy atom. The third kappa shape index (κ3) is 31.4. The van der Waals surface area contributed by atoms with Crippen LogP contribution < -0.4 is 67.8 Å². The molecule has 3 aromatic rings. The molecule has 7 saturated heterocycles. The summed E-state index contributed by atoms with van der Waals surface area (Å²) in [7, 11) is 4.87. The molecule has 7 aliphatic heterocycles. The molecule has 7 heterocycles. The third-order valence-corrected chi connectivity index (χ3v) is 24.1. The van der Waals surface area contributed by atoms with Gasteiger partial charge in [0.2, 0.25) is 35.4 Å². The van der Waals surface area contributed by atoms with Crippen LogP contribution in [-0.2, 0) is 48.4 Å². The number of carbonyl (C=O) groups excluding carboxylic acids is 7. The van der Waals surface area contributed by atoms with Gasteiger partial charge in [-0.05, 0) is 71.5 Å². The zero-order valence-corrected chi connectivity index (χ0v) is 72.1. The number of unbranched alkanes of at least 4 members (excludes halogenated alkanes) is 1. The molecule has 13 unspecified atom stereocenters. The van der Waals surface area contributed by atoms with E-state index < -0.39 is 121 Å². The molecule has 0 spiro atoms. The number of likely N-dealkylation sites (tertiary alicyclic amines) is 5. The van der Waals surface area contributed by atoms with Gasteiger partial charge in [-0.2, -0.15) is 11.8 Å². The Hall–Kier alpha value is -8.11. The van der Waals surface area contributed by atoms with Crippen LogP contribution in [0.2, 0.25) is 0 Å². The molecular weight excluding hydrogens is 1650 g/mol. The molecule has 8 amide bonds. The lowest BCUT2D eigenvalue weighted by Gasteiger charge is -2.46. The Labute approximate surface area is 724 Å². The fraction of sp³-hybridized carbons (Fsp3) is 0.684. The van der Waals surface area contributed by atoms with Crippen molar-refractivity contribution in [3.63, 3.8) is 0 Å². The van der Waals surface area contributed by atoms with E-state index in [2.05, 4.69) is 62.8 Å². The first-order valence-corrected chi connectivity index (χ1v) is 42.1. The molecule has 0 radical (unpaired) electrons. The molecule has 0 aliphatic carbocycles. The van der Waals surface area contributed by atoms with Crippen LogP contribution in [0.1, 0.15) is 77.0 Å². The second kappa shape index (κ2) is 52.9. The predicted molar refractivity (Wildman–Crippen MR) is 451 cm³/mol. The van der Waals surface area contributed by atoms with E-state index in [0.29, 0.717) is 64.3 Å². The molecule has 0 saturated carbocycles. The first-order valence-electron chi connectivity index (χ1n) is 41.0. The molecule has 7 fully saturated rings. The van der Waals surface area contributed by atoms with Crippen LogP contribution in [0.4, 0.5) is 4.79 Å². The molecule has 0 aromatic heterocycles. The highest BCUT2D eigenvalue weighted by molar-refractivity contribution is 8.00. The summed E-state index contributed by atoms with van der Waals surface area (Å²) in [6, 6.07) is 17.1. The minimum absolute atomic E-state index is 0.0540. The number of rotatable bonds is 33. The summed E-state index contributed by atoms with van der Waals surface area (Å²) < 4.78 is 15.6. The molecule has 10 rings (SSSR count). The summed E-state index contributed by atoms with van der Waals surface area (Å²) >= 11 is 1.85. The van der Waals surface area contributed by atoms with Crippen molar-refractivity contribution in [2.24, 2.45) is 10.8 Å². The van der Waals surface area contributed by atoms with Crippen LogP contribution in [0.5, 0.6) is 17.2 Å². The van der Waals surface area contributed by atoms with Gasteiger partial charge in [-0.15, -0.1) is 0 Å². The van der Waals surface area contributed by atoms with Crippen molar-refractivity contribution in [3.8, 4) is 17.2 Å². The maximum Gasteiger partial charge on any atom is 0.315 e. The molecule has 3 aromatic carbocycles. The number of fused-ring (bicyclic) bond motifs is 1. The van der Waals surface area contributed by atoms with Gasteiger partial charge in [0.25, 0.3) is 0 Å². The Morgan fingerprint density at radius 1 is 0.492 bits per heavy atom. The first-order chi connectivity index (χ1) is 59.1. The normalized spacial score (nSPS) is 30.0. The van der Waals surface area contributed by atoms with Crippen molar-refractivity contribution >= 4 is 53.2 Å². The number of amides is 8. The number of hydrogen-bond acceptors (Lipinski definition) is 35. The number of carbonyl (C=O) groups is 7. The molecule has 0 bridgehead atoms. The fourth-order valence-corrected chi connectivity index (χ4v) is 17.5. The van der Waals surface area contributed by atoms with Crippen molar-refractivity contribution in [3.05, 3.63) is 99.9 Å². The number of thioether (sulfide) groups is 1. The van der Waals surface area contributed by atoms with E-state index in [4.69, 9.17) is 30.6 Å². The Kier molecular flexibility index (Phi) is 44.6. The van der Waals surface area contributed by atoms with Crippen molar-refractivity contribution in [1.29, 1.82) is 0 Å². The lowest BCUT2D eigenvalue weighted by Crippen LogP contribution is -2.67. The zero-order chi connectivity index (χ0) is 91.6. The Morgan fingerprint density at radius 2 is 0.839 bits per heavy atom. The van der Waals surface area contributed by atoms with Gasteiger partial charge in [0.1, 0.15) is 47.8 Å². The van der Waals surface area contributed by atoms with Crippen molar-refractivity contribution in [2.75, 3.05) is 126 Å². The van der Waals surface area contributed by atoms with E-state index in [1.54, 1.807) is 31.1 Å². The van der Waals surface area contributed by atoms with Gasteiger partial charge in [0, 0.05) is 123 Å². The monoisotopic (exact) mass is 1780 g/mol. The van der Waals surface area contributed by atoms with E-state index in [1.807, 2.05) is 94.4 Å². The van der Waals surface area contributed by atoms with E-state index in [0.717, 1.165) is 59.0 Å². The van der Waals surface area contributed by atoms with E-state index in [1.165, 1.54) is 39.5 Å². The molecular formula is C79H131N19O25S. The molecule has 7 aliphatic rings. The Bertz CT molecular complexity index is 3740. The second-order valence-electron chi connectivity index (χ2n) is 31.5. The van der Waals surface area contributed by atoms with Crippen LogP contribution in [0, 0.1) is 0 Å². The standard InChI is InChI=1S/C25H35N3O6.C19H33N5O6S.C17H27N3O5.C9H17N5O4.C9H19N3O4/c1-17(30)26-22-14-28(23(15-29)25(32)24(22)31)16-27(12-18-4-8-20(33-2)9-5-18)13-19-6-10-21(34-3)11-7-19;1-10(26)21-11-6-24(13(7-25)18(29)17(11)28)9-20-15(27)5-3-2-4-14-16-12(8-31-14)22-19(30)23-16;1-11(22)19-14-8-20(15(9-21)17(24)16(14)23)10-18-7-12-3-5-13(25-2)6-4-12;1-5(16)12-6-2-14(4-11-13-10)7(3-15)9(18)8(6)17;1-5(14)11-6-2-12(4-10)7(3-13)9(16)8(6)15/h4-11,22-25,29,31-32H,12-16H2,1-3H3,(H,26,30);11-14,16-18,25,28-29H,2-9H2,1H3,(H,20,27)(H,21,26)(H2,22,23,30);3-6,14-18,21,23-24H,7-10H2,1-2H3,(H,19,22);6-9,15,17-18H,2-4H2,1H3,(H,12,16);6-9,13,15-16H,2-4,10H2,1H3,(H,11,14)/t22?,23?,24-,25-;11?,12?,13?,14?,16?,17-,18-;14?,15?,16-,17-;2*6?,7?,8-,9-/m11111/s1. The second-order valence-corrected chi connectivity index (χ2v) is 32.8. The highest BCUT2D eigenvalue weighted by Crippen LogP contribution is 2.34. The maximum atomic E-state index is 12.3. The predicted octanol–water partition coefficient (Wildman–Crippen LogP) is -8.14. The number of urea groups is 1. The number of ether oxygens (including phenoxy) is 3. The maximum absolute atomic E-state index is 12.3. The number of methoxy groups -OCH3 is 3. The number of benzene rings is 3. The van der Waals surface area contributed by atoms with Gasteiger partial charge in [-0.3, -0.25) is 58.2 Å². The van der Waals surface area contributed by atoms with Crippen LogP contribution in [0.25, 0.3) is 10.4 Å². The summed E-state index contributed by atoms with van der Waals surface area (Å²) in [6.07, 6.45) is -8.77. The van der Waals surface area contributed by atoms with E-state index >= 15 is 0 Å². The number of azide groups is 1. The minimum Gasteiger partial charge on any atom is -0.497 e. The Balaban J connectivity index is 0.000000246. The highest BCUT2D eigenvalue weighted by Gasteiger charge is 2.48. The SMILES string of the molecule is CC(=O)NC1CN(CN)C(CO)[C@@H](O)[C@@H]1O.CC(=O)NC1CN(CN=[N+]=[N-])C(CO)[C@@H](O)[C@@H]1O.CC(=O)NC1CN(CNC(=O)CCCCC2SCC3NC(=O)NC32)C(CO)[C@@H](O)[C@@H]1O.COc1ccc(CN(Cc2ccc(OC)cc2)CN2CC(NC(C)=O)[C@@H](O)[C@H](O)C2CO)cc1.COc1ccc(CNCN2CC(NC(C)=O)[C@@H](O)[C@H](O)C2CO)cc1. The van der Waals surface area contributed by atoms with Gasteiger partial charge in [0.15, 0.2) is 0 Å². The molecule has 26 N–H and O–H groups in total. The van der Waals surface area contributed by atoms with Gasteiger partial charge in [-0.25, -0.2) is 4.79 Å². The molecule has 44 nitrogen and oxygen atoms in total. The summed E-state index contributed by atoms with van der Waals surface area (Å²) in [5, 5.41) is 177. The average molecular weight is 1780 g/mol. The lowest BCUT2D eigenvalue weighted by molar-refractivity contribution is -0.133. The number of nitrogens with one attached hydrogen (secondary N) is 9. The number of nitrogens with zero attached hydrogens (tertiary/aromatic N) is 9. The number of aliphatic hydroxyl groups is 15. The van der Waals surface area contributed by atoms with Gasteiger partial charge < -0.3 is 144 Å². The summed E-state index contributed by atoms with van der Waals surface area (Å²) in [6.45, 7) is 9.17. The third-order valence-electron chi connectivity index (χ3n) is 22.6. The van der Waals surface area contributed by atoms with Crippen LogP contribution in [0.3, 0.4) is 0 Å². The number of hydrogen-bond donors (Lipinski definition) is 25. The molecule has 23 atom stereocenters. The molecule has 124 heavy (non-hydrogen) atoms. The van der Waals surface area contributed by atoms with E-state index in [-0.39, 0.29) is 120 Å². The smallest absolute Gasteiger partial charge is 0.315 e. The van der Waals surface area contributed by atoms with Crippen molar-refractivity contribution in [2.45, 2.75) is 219 Å². The van der Waals surface area contributed by atoms with Gasteiger partial charge in [-0.1, -0.05) is 47.9 Å². The number of nitrogens with two attached hydrogens (primary N) is 1. The number of aliphatic hydroxyl groups excluding tert-OH is 15. The fourth-order valence-electron chi connectivity index (χ4n) is 16.0. The summed E-state index contributed by atoms with van der Waals surface area (Å²) in [4.78, 5) is 93.1. The van der Waals surface area contributed by atoms with Crippen LogP contribution in [0.15, 0.2) is 77.9 Å². The van der Waals surface area contributed by atoms with Crippen LogP contribution in [-0.4, -0.2) is 412 Å². The minimum atomic E-state index is -1.24. The average Bonchev–Trinajstić information content (AvgIpc) is 1.04. The quantitative estimate of drug-likeness (QED) is 0.00885. The van der Waals surface area contributed by atoms with Gasteiger partial charge >= 0.3 is 6.03 Å². The van der Waals surface area contributed by atoms with Crippen molar-refractivity contribution < 1.29 is 124 Å². The van der Waals surface area contributed by atoms with E-state index in [9.17, 15) is 105 Å². The first kappa shape index (κ1) is 105. The lowest BCUT2D eigenvalue weighted by atomic mass is 9.92. The van der Waals surface area contributed by atoms with Gasteiger partial charge in [0.05, 0.1) is 177 Å². The largest absolute Gasteiger partial charge is 0.497 e.